The maximum atomic E-state index is 10.8. The van der Waals surface area contributed by atoms with Gasteiger partial charge in [-0.05, 0) is 0 Å². The minimum Gasteiger partial charge on any atom is -0.481 e. The van der Waals surface area contributed by atoms with Crippen molar-refractivity contribution < 1.29 is 30.0 Å². The fraction of sp³-hybridized carbons (Fsp3) is 0.600. The number of aromatic nitrogens is 2. The van der Waals surface area contributed by atoms with Gasteiger partial charge in [-0.25, -0.2) is 4.98 Å². The van der Waals surface area contributed by atoms with Crippen LogP contribution in [0.1, 0.15) is 18.3 Å². The second kappa shape index (κ2) is 4.65. The van der Waals surface area contributed by atoms with Gasteiger partial charge in [-0.3, -0.25) is 4.79 Å². The van der Waals surface area contributed by atoms with Crippen LogP contribution in [0.2, 0.25) is 0 Å². The van der Waals surface area contributed by atoms with E-state index in [2.05, 4.69) is 9.97 Å². The van der Waals surface area contributed by atoms with Crippen LogP contribution < -0.4 is 0 Å². The predicted octanol–water partition coefficient (Wildman–Crippen LogP) is -1.59. The van der Waals surface area contributed by atoms with Gasteiger partial charge in [0.2, 0.25) is 0 Å². The molecule has 2 rings (SSSR count). The SMILES string of the molecule is O=C(O)C[C@]1(CO)OC(c2ncc[nH]2)[C@H](O)[C@@H]1O. The van der Waals surface area contributed by atoms with Gasteiger partial charge in [0.05, 0.1) is 13.0 Å². The van der Waals surface area contributed by atoms with E-state index in [1.165, 1.54) is 12.4 Å². The van der Waals surface area contributed by atoms with Gasteiger partial charge < -0.3 is 30.1 Å². The van der Waals surface area contributed by atoms with Crippen molar-refractivity contribution >= 4 is 5.97 Å². The number of hydrogen-bond donors (Lipinski definition) is 5. The molecule has 0 saturated carbocycles. The summed E-state index contributed by atoms with van der Waals surface area (Å²) in [5, 5.41) is 37.8. The Labute approximate surface area is 102 Å². The Morgan fingerprint density at radius 1 is 1.56 bits per heavy atom. The highest BCUT2D eigenvalue weighted by molar-refractivity contribution is 5.68. The summed E-state index contributed by atoms with van der Waals surface area (Å²) >= 11 is 0. The summed E-state index contributed by atoms with van der Waals surface area (Å²) in [5.41, 5.74) is -1.72. The summed E-state index contributed by atoms with van der Waals surface area (Å²) in [6.07, 6.45) is -1.53. The highest BCUT2D eigenvalue weighted by Gasteiger charge is 2.56. The Balaban J connectivity index is 2.27. The largest absolute Gasteiger partial charge is 0.481 e. The fourth-order valence-electron chi connectivity index (χ4n) is 2.11. The summed E-state index contributed by atoms with van der Waals surface area (Å²) in [6, 6.07) is 0. The molecular weight excluding hydrogens is 244 g/mol. The van der Waals surface area contributed by atoms with E-state index in [4.69, 9.17) is 9.84 Å². The zero-order chi connectivity index (χ0) is 13.3. The molecule has 1 aliphatic rings. The lowest BCUT2D eigenvalue weighted by Gasteiger charge is -2.27. The number of carboxylic acid groups (broad SMARTS) is 1. The van der Waals surface area contributed by atoms with Gasteiger partial charge in [0, 0.05) is 12.4 Å². The quantitative estimate of drug-likeness (QED) is 0.439. The number of aromatic amines is 1. The van der Waals surface area contributed by atoms with Crippen LogP contribution in [-0.4, -0.2) is 60.8 Å². The number of aliphatic hydroxyl groups excluding tert-OH is 3. The molecule has 8 nitrogen and oxygen atoms in total. The van der Waals surface area contributed by atoms with E-state index < -0.39 is 42.9 Å². The van der Waals surface area contributed by atoms with Crippen LogP contribution in [0.15, 0.2) is 12.4 Å². The van der Waals surface area contributed by atoms with E-state index in [9.17, 15) is 20.1 Å². The topological polar surface area (TPSA) is 136 Å². The molecule has 0 aromatic carbocycles. The third-order valence-corrected chi connectivity index (χ3v) is 3.04. The third kappa shape index (κ3) is 1.99. The Hall–Kier alpha value is -1.48. The van der Waals surface area contributed by atoms with Crippen LogP contribution in [0.3, 0.4) is 0 Å². The van der Waals surface area contributed by atoms with Crippen molar-refractivity contribution in [3.63, 3.8) is 0 Å². The number of aliphatic hydroxyl groups is 3. The minimum atomic E-state index is -1.72. The molecule has 1 fully saturated rings. The zero-order valence-electron chi connectivity index (χ0n) is 9.35. The molecule has 5 N–H and O–H groups in total. The van der Waals surface area contributed by atoms with Gasteiger partial charge in [0.15, 0.2) is 0 Å². The number of ether oxygens (including phenoxy) is 1. The Kier molecular flexibility index (Phi) is 3.35. The molecule has 1 unspecified atom stereocenters. The summed E-state index contributed by atoms with van der Waals surface area (Å²) in [7, 11) is 0. The summed E-state index contributed by atoms with van der Waals surface area (Å²) in [5.74, 6) is -0.974. The number of hydrogen-bond acceptors (Lipinski definition) is 6. The van der Waals surface area contributed by atoms with Crippen LogP contribution >= 0.6 is 0 Å². The monoisotopic (exact) mass is 258 g/mol. The van der Waals surface area contributed by atoms with E-state index >= 15 is 0 Å². The van der Waals surface area contributed by atoms with Crippen molar-refractivity contribution in [1.29, 1.82) is 0 Å². The van der Waals surface area contributed by atoms with Crippen molar-refractivity contribution in [3.8, 4) is 0 Å². The molecule has 4 atom stereocenters. The standard InChI is InChI=1S/C10H14N2O6/c13-4-10(3-5(14)15)8(17)6(16)7(18-10)9-11-1-2-12-9/h1-2,6-8,13,16-17H,3-4H2,(H,11,12)(H,14,15)/t6-,7?,8-,10+/m0/s1. The minimum absolute atomic E-state index is 0.266. The molecule has 0 radical (unpaired) electrons. The number of carboxylic acids is 1. The van der Waals surface area contributed by atoms with Crippen molar-refractivity contribution in [2.75, 3.05) is 6.61 Å². The van der Waals surface area contributed by atoms with Gasteiger partial charge in [-0.15, -0.1) is 0 Å². The van der Waals surface area contributed by atoms with Gasteiger partial charge in [-0.1, -0.05) is 0 Å². The van der Waals surface area contributed by atoms with Crippen LogP contribution in [0.4, 0.5) is 0 Å². The van der Waals surface area contributed by atoms with E-state index in [1.807, 2.05) is 0 Å². The number of aliphatic carboxylic acids is 1. The highest BCUT2D eigenvalue weighted by Crippen LogP contribution is 2.40. The number of nitrogens with one attached hydrogen (secondary N) is 1. The molecule has 8 heteroatoms. The second-order valence-corrected chi connectivity index (χ2v) is 4.24. The first kappa shape index (κ1) is 13.0. The molecule has 1 aromatic rings. The van der Waals surface area contributed by atoms with Crippen molar-refractivity contribution in [2.24, 2.45) is 0 Å². The number of H-pyrrole nitrogens is 1. The predicted molar refractivity (Wildman–Crippen MR) is 56.5 cm³/mol. The lowest BCUT2D eigenvalue weighted by atomic mass is 9.92. The van der Waals surface area contributed by atoms with Crippen LogP contribution in [0.5, 0.6) is 0 Å². The molecule has 1 aromatic heterocycles. The van der Waals surface area contributed by atoms with E-state index in [0.717, 1.165) is 0 Å². The number of carbonyl (C=O) groups is 1. The molecule has 0 bridgehead atoms. The second-order valence-electron chi connectivity index (χ2n) is 4.24. The molecule has 0 spiro atoms. The smallest absolute Gasteiger partial charge is 0.306 e. The molecule has 0 aliphatic carbocycles. The maximum Gasteiger partial charge on any atom is 0.306 e. The maximum absolute atomic E-state index is 10.8. The van der Waals surface area contributed by atoms with Gasteiger partial charge in [-0.2, -0.15) is 0 Å². The third-order valence-electron chi connectivity index (χ3n) is 3.04. The van der Waals surface area contributed by atoms with Crippen molar-refractivity contribution in [2.45, 2.75) is 30.3 Å². The van der Waals surface area contributed by atoms with Crippen molar-refractivity contribution in [3.05, 3.63) is 18.2 Å². The number of rotatable bonds is 4. The highest BCUT2D eigenvalue weighted by atomic mass is 16.6. The molecular formula is C10H14N2O6. The molecule has 1 saturated heterocycles. The number of imidazole rings is 1. The van der Waals surface area contributed by atoms with Crippen molar-refractivity contribution in [1.82, 2.24) is 9.97 Å². The first-order valence-corrected chi connectivity index (χ1v) is 5.36. The summed E-state index contributed by atoms with van der Waals surface area (Å²) in [6.45, 7) is -0.714. The average molecular weight is 258 g/mol. The lowest BCUT2D eigenvalue weighted by molar-refractivity contribution is -0.157. The van der Waals surface area contributed by atoms with Gasteiger partial charge in [0.25, 0.3) is 0 Å². The summed E-state index contributed by atoms with van der Waals surface area (Å²) in [4.78, 5) is 17.3. The van der Waals surface area contributed by atoms with E-state index in [1.54, 1.807) is 0 Å². The molecule has 2 heterocycles. The first-order valence-electron chi connectivity index (χ1n) is 5.36. The Morgan fingerprint density at radius 2 is 2.28 bits per heavy atom. The van der Waals surface area contributed by atoms with Gasteiger partial charge >= 0.3 is 5.97 Å². The van der Waals surface area contributed by atoms with Gasteiger partial charge in [0.1, 0.15) is 29.7 Å². The van der Waals surface area contributed by atoms with E-state index in [-0.39, 0.29) is 5.82 Å². The fourth-order valence-corrected chi connectivity index (χ4v) is 2.11. The Bertz CT molecular complexity index is 422. The zero-order valence-corrected chi connectivity index (χ0v) is 9.35. The number of nitrogens with zero attached hydrogens (tertiary/aromatic N) is 1. The average Bonchev–Trinajstić information content (AvgIpc) is 2.91. The van der Waals surface area contributed by atoms with Crippen LogP contribution in [0, 0.1) is 0 Å². The van der Waals surface area contributed by atoms with Crippen LogP contribution in [0.25, 0.3) is 0 Å². The first-order chi connectivity index (χ1) is 8.50. The molecule has 1 aliphatic heterocycles. The van der Waals surface area contributed by atoms with E-state index in [0.29, 0.717) is 0 Å². The Morgan fingerprint density at radius 3 is 2.78 bits per heavy atom. The normalized spacial score (nSPS) is 35.8. The lowest BCUT2D eigenvalue weighted by Crippen LogP contribution is -2.47. The molecule has 100 valence electrons. The summed E-state index contributed by atoms with van der Waals surface area (Å²) < 4.78 is 5.35. The molecule has 0 amide bonds. The van der Waals surface area contributed by atoms with Crippen LogP contribution in [-0.2, 0) is 9.53 Å². The molecule has 18 heavy (non-hydrogen) atoms.